The highest BCUT2D eigenvalue weighted by atomic mass is 33.1. The van der Waals surface area contributed by atoms with E-state index in [1.807, 2.05) is 84.9 Å². The second-order valence-corrected chi connectivity index (χ2v) is 33.8. The predicted molar refractivity (Wildman–Crippen MR) is 435 cm³/mol. The van der Waals surface area contributed by atoms with Crippen molar-refractivity contribution in [2.24, 2.45) is 5.92 Å². The number of aliphatic carboxylic acids is 1. The lowest BCUT2D eigenvalue weighted by molar-refractivity contribution is -0.145. The number of hydrogen-bond acceptors (Lipinski definition) is 19. The van der Waals surface area contributed by atoms with E-state index in [2.05, 4.69) is 84.2 Å². The molecule has 0 bridgehead atoms. The number of fused-ring (bicyclic) bond motifs is 1. The number of ether oxygens (including phenoxy) is 2. The molecule has 8 rings (SSSR count). The number of alkyl carbamates (subject to hydrolysis) is 2. The zero-order valence-electron chi connectivity index (χ0n) is 64.7. The van der Waals surface area contributed by atoms with Gasteiger partial charge in [0, 0.05) is 61.9 Å². The van der Waals surface area contributed by atoms with Crippen molar-refractivity contribution in [3.05, 3.63) is 214 Å². The Morgan fingerprint density at radius 3 is 1.75 bits per heavy atom. The molecule has 113 heavy (non-hydrogen) atoms. The molecule has 1 heterocycles. The molecule has 604 valence electrons. The number of hydrogen-bond donors (Lipinski definition) is 13. The van der Waals surface area contributed by atoms with E-state index < -0.39 is 148 Å². The fourth-order valence-electron chi connectivity index (χ4n) is 12.9. The van der Waals surface area contributed by atoms with Gasteiger partial charge >= 0.3 is 18.2 Å². The third-order valence-electron chi connectivity index (χ3n) is 18.6. The lowest BCUT2D eigenvalue weighted by Crippen LogP contribution is -2.62. The molecule has 0 radical (unpaired) electrons. The van der Waals surface area contributed by atoms with Crippen molar-refractivity contribution in [2.75, 3.05) is 23.8 Å². The SMILES string of the molecule is C[C@@H](O)[C@H](NC(=O)[C@@H]1CSSC[C@H](NC(=O)[C@@H](Cc2ccc(CNC(=O)CCSC(c3ccccc3)(c3ccccc3)c3ccccc3)cc2)NC(=O)OC(C)(C)C)C(=O)C[C@@H](Cc2ccc(O)cc2)C(=O)N[C@H](CC2=CCc3ccccc32)C(=O)N[C@@H](CCCCNC(=O)OC(C)(C)C)C(=O)N[C@@H]([C@@H](C)O)C(=O)N1)C(=O)O. The number of thioether (sulfide) groups is 1. The van der Waals surface area contributed by atoms with Crippen LogP contribution in [0, 0.1) is 5.92 Å². The molecule has 0 spiro atoms. The quantitative estimate of drug-likeness (QED) is 0.0125. The van der Waals surface area contributed by atoms with Crippen LogP contribution in [0.1, 0.15) is 138 Å². The number of Topliss-reactive ketones (excluding diaryl/α,β-unsaturated/α-hetero) is 1. The lowest BCUT2D eigenvalue weighted by atomic mass is 9.84. The minimum absolute atomic E-state index is 0.0684. The number of amides is 9. The number of ketones is 1. The van der Waals surface area contributed by atoms with Crippen molar-refractivity contribution in [1.82, 2.24) is 47.9 Å². The van der Waals surface area contributed by atoms with Crippen molar-refractivity contribution < 1.29 is 82.6 Å². The van der Waals surface area contributed by atoms with Gasteiger partial charge in [-0.2, -0.15) is 0 Å². The van der Waals surface area contributed by atoms with Gasteiger partial charge in [-0.25, -0.2) is 14.4 Å². The molecule has 1 saturated heterocycles. The normalized spacial score (nSPS) is 19.3. The van der Waals surface area contributed by atoms with Crippen molar-refractivity contribution in [3.8, 4) is 5.75 Å². The van der Waals surface area contributed by atoms with Gasteiger partial charge < -0.3 is 77.8 Å². The van der Waals surface area contributed by atoms with Gasteiger partial charge in [-0.3, -0.25) is 38.4 Å². The molecule has 0 saturated carbocycles. The summed E-state index contributed by atoms with van der Waals surface area (Å²) in [5.74, 6) is -10.2. The fraction of sp³-hybridized carbons (Fsp3) is 0.417. The van der Waals surface area contributed by atoms with Crippen molar-refractivity contribution >= 4 is 104 Å². The number of allylic oxidation sites excluding steroid dienone is 1. The van der Waals surface area contributed by atoms with Crippen LogP contribution in [-0.2, 0) is 83.2 Å². The van der Waals surface area contributed by atoms with E-state index in [9.17, 15) is 54.0 Å². The summed E-state index contributed by atoms with van der Waals surface area (Å²) in [7, 11) is 1.77. The van der Waals surface area contributed by atoms with Gasteiger partial charge in [0.05, 0.1) is 23.0 Å². The highest BCUT2D eigenvalue weighted by Gasteiger charge is 2.40. The molecule has 0 aromatic heterocycles. The number of carbonyl (C=O) groups excluding carboxylic acids is 10. The third-order valence-corrected chi connectivity index (χ3v) is 22.6. The number of rotatable bonds is 28. The van der Waals surface area contributed by atoms with Gasteiger partial charge in [-0.1, -0.05) is 179 Å². The molecular weight excluding hydrogens is 1500 g/mol. The van der Waals surface area contributed by atoms with Crippen LogP contribution in [-0.4, -0.2) is 175 Å². The molecule has 6 aromatic rings. The first-order chi connectivity index (χ1) is 53.7. The molecule has 0 unspecified atom stereocenters. The summed E-state index contributed by atoms with van der Waals surface area (Å²) in [4.78, 5) is 157. The maximum absolute atomic E-state index is 15.5. The Labute approximate surface area is 670 Å². The van der Waals surface area contributed by atoms with Crippen LogP contribution in [0.2, 0.25) is 0 Å². The summed E-state index contributed by atoms with van der Waals surface area (Å²) in [5.41, 5.74) is 5.42. The van der Waals surface area contributed by atoms with Crippen LogP contribution in [0.15, 0.2) is 170 Å². The Bertz CT molecular complexity index is 4180. The molecule has 1 fully saturated rings. The highest BCUT2D eigenvalue weighted by molar-refractivity contribution is 8.76. The zero-order chi connectivity index (χ0) is 82.0. The number of phenols is 1. The van der Waals surface area contributed by atoms with E-state index in [0.29, 0.717) is 34.4 Å². The number of unbranched alkanes of at least 4 members (excludes halogenated alkanes) is 1. The predicted octanol–water partition coefficient (Wildman–Crippen LogP) is 8.25. The van der Waals surface area contributed by atoms with Crippen LogP contribution in [0.3, 0.4) is 0 Å². The lowest BCUT2D eigenvalue weighted by Gasteiger charge is -2.35. The number of benzene rings is 6. The third kappa shape index (κ3) is 27.3. The summed E-state index contributed by atoms with van der Waals surface area (Å²) in [5, 5.41) is 66.2. The van der Waals surface area contributed by atoms with Gasteiger partial charge in [0.25, 0.3) is 0 Å². The van der Waals surface area contributed by atoms with Crippen molar-refractivity contribution in [1.29, 1.82) is 0 Å². The molecule has 13 N–H and O–H groups in total. The minimum Gasteiger partial charge on any atom is -0.508 e. The minimum atomic E-state index is -1.90. The first kappa shape index (κ1) is 88.4. The number of nitrogens with one attached hydrogen (secondary N) is 9. The number of carbonyl (C=O) groups is 11. The van der Waals surface area contributed by atoms with Crippen LogP contribution in [0.5, 0.6) is 5.75 Å². The average Bonchev–Trinajstić information content (AvgIpc) is 1.12. The Kier molecular flexibility index (Phi) is 32.9. The Balaban J connectivity index is 1.10. The first-order valence-corrected chi connectivity index (χ1v) is 41.1. The molecule has 6 aromatic carbocycles. The Morgan fingerprint density at radius 1 is 0.602 bits per heavy atom. The number of carboxylic acids is 1. The number of aliphatic hydroxyl groups excluding tert-OH is 2. The molecule has 1 aliphatic heterocycles. The smallest absolute Gasteiger partial charge is 0.408 e. The van der Waals surface area contributed by atoms with E-state index in [0.717, 1.165) is 56.3 Å². The molecule has 1 aliphatic carbocycles. The summed E-state index contributed by atoms with van der Waals surface area (Å²) < 4.78 is 10.4. The number of phenolic OH excluding ortho intramolecular Hbond substituents is 1. The van der Waals surface area contributed by atoms with E-state index in [1.54, 1.807) is 89.7 Å². The van der Waals surface area contributed by atoms with Gasteiger partial charge in [0.1, 0.15) is 47.2 Å². The topological polar surface area (TPSA) is 395 Å². The highest BCUT2D eigenvalue weighted by Crippen LogP contribution is 2.49. The fourth-order valence-corrected chi connectivity index (χ4v) is 16.7. The second kappa shape index (κ2) is 42.1. The molecule has 9 amide bonds. The van der Waals surface area contributed by atoms with E-state index in [4.69, 9.17) is 9.47 Å². The first-order valence-electron chi connectivity index (χ1n) is 37.6. The summed E-state index contributed by atoms with van der Waals surface area (Å²) in [6, 6.07) is 39.3. The summed E-state index contributed by atoms with van der Waals surface area (Å²) in [6.45, 7) is 12.5. The number of aromatic hydroxyl groups is 1. The number of aliphatic hydroxyl groups is 2. The maximum Gasteiger partial charge on any atom is 0.408 e. The second-order valence-electron chi connectivity index (χ2n) is 29.9. The molecule has 2 aliphatic rings. The van der Waals surface area contributed by atoms with E-state index >= 15 is 19.2 Å². The Hall–Kier alpha value is -10.2. The van der Waals surface area contributed by atoms with E-state index in [-0.39, 0.29) is 75.4 Å². The maximum atomic E-state index is 15.5. The monoisotopic (exact) mass is 1610 g/mol. The van der Waals surface area contributed by atoms with Crippen LogP contribution in [0.25, 0.3) is 5.57 Å². The largest absolute Gasteiger partial charge is 0.508 e. The molecular formula is C84H103N9O17S3. The number of carboxylic acid groups (broad SMARTS) is 1. The average molecular weight is 1610 g/mol. The summed E-state index contributed by atoms with van der Waals surface area (Å²) >= 11 is 1.67. The standard InChI is InChI=1S/C84H103N9O17S3/c1-51(94)71-78(104)90-68(77(103)93-72(52(2)95)79(105)106)50-113-112-49-67(69(97)47-58(44-53-35-39-62(96)40-36-53)73(99)88-66(46-57-38-37-56-22-18-19-29-63(56)57)76(102)87-64(74(100)92-71)30-20-21-42-85-80(107)109-82(3,4)5)89-75(101)65(91-81(108)110-83(6,7)8)45-54-31-33-55(34-32-54)48-86-70(98)41-43-111-84(59-23-12-9-13-24-59,60-25-14-10-15-26-60)61-27-16-11-17-28-61/h9-19,22-29,31-36,38-40,51-52,58,64-68,71-72,94-96H,20-21,30,37,41-50H2,1-8H3,(H,85,107)(H,86,98)(H,87,102)(H,88,99)(H,89,101)(H,90,104)(H,91,108)(H,92,100)(H,93,103)(H,105,106)/t51-,52-,58-,64+,65-,66-,67+,68+,71+,72+/m1/s1. The molecule has 29 heteroatoms. The van der Waals surface area contributed by atoms with Gasteiger partial charge in [0.2, 0.25) is 41.4 Å². The van der Waals surface area contributed by atoms with Crippen molar-refractivity contribution in [3.63, 3.8) is 0 Å². The zero-order valence-corrected chi connectivity index (χ0v) is 67.1. The van der Waals surface area contributed by atoms with Gasteiger partial charge in [0.15, 0.2) is 11.8 Å². The molecule has 10 atom stereocenters. The molecule has 26 nitrogen and oxygen atoms in total. The van der Waals surface area contributed by atoms with Crippen LogP contribution < -0.4 is 47.9 Å². The van der Waals surface area contributed by atoms with Crippen LogP contribution >= 0.6 is 33.3 Å². The van der Waals surface area contributed by atoms with Gasteiger partial charge in [-0.15, -0.1) is 11.8 Å². The van der Waals surface area contributed by atoms with E-state index in [1.165, 1.54) is 19.1 Å². The van der Waals surface area contributed by atoms with Gasteiger partial charge in [-0.05, 0) is 150 Å². The van der Waals surface area contributed by atoms with Crippen molar-refractivity contribution in [2.45, 2.75) is 190 Å². The Morgan fingerprint density at radius 2 is 1.16 bits per heavy atom. The summed E-state index contributed by atoms with van der Waals surface area (Å²) in [6.07, 6.45) is -3.39. The van der Waals surface area contributed by atoms with Crippen LogP contribution in [0.4, 0.5) is 9.59 Å².